The number of carboxylic acids is 1. The summed E-state index contributed by atoms with van der Waals surface area (Å²) >= 11 is 0. The molecule has 0 aromatic heterocycles. The molecule has 4 rings (SSSR count). The molecule has 0 saturated carbocycles. The third kappa shape index (κ3) is 4.21. The molecule has 2 fully saturated rings. The van der Waals surface area contributed by atoms with E-state index in [4.69, 9.17) is 4.74 Å². The number of rotatable bonds is 6. The van der Waals surface area contributed by atoms with Crippen molar-refractivity contribution in [1.29, 1.82) is 0 Å². The Balaban J connectivity index is 1.50. The van der Waals surface area contributed by atoms with Crippen molar-refractivity contribution in [2.45, 2.75) is 19.0 Å². The van der Waals surface area contributed by atoms with Crippen LogP contribution in [0.2, 0.25) is 0 Å². The van der Waals surface area contributed by atoms with Crippen LogP contribution in [-0.2, 0) is 27.3 Å². The Labute approximate surface area is 174 Å². The fourth-order valence-electron chi connectivity index (χ4n) is 4.30. The van der Waals surface area contributed by atoms with Gasteiger partial charge in [0.05, 0.1) is 17.9 Å². The summed E-state index contributed by atoms with van der Waals surface area (Å²) in [7, 11) is 0. The summed E-state index contributed by atoms with van der Waals surface area (Å²) < 4.78 is 5.15. The van der Waals surface area contributed by atoms with Crippen LogP contribution < -0.4 is 0 Å². The molecule has 2 aliphatic heterocycles. The summed E-state index contributed by atoms with van der Waals surface area (Å²) in [6.07, 6.45) is -0.206. The molecule has 0 aliphatic carbocycles. The molecule has 2 amide bonds. The van der Waals surface area contributed by atoms with Crippen LogP contribution in [0.4, 0.5) is 4.79 Å². The number of hydrogen-bond acceptors (Lipinski definition) is 5. The van der Waals surface area contributed by atoms with Gasteiger partial charge in [-0.25, -0.2) is 9.69 Å². The van der Waals surface area contributed by atoms with E-state index in [1.54, 1.807) is 0 Å². The predicted octanol–water partition coefficient (Wildman–Crippen LogP) is 2.41. The normalized spacial score (nSPS) is 24.1. The first-order chi connectivity index (χ1) is 14.5. The first-order valence-electron chi connectivity index (χ1n) is 10.1. The third-order valence-corrected chi connectivity index (χ3v) is 5.79. The average molecular weight is 408 g/mol. The fraction of sp³-hybridized carbons (Fsp3) is 0.348. The molecule has 3 atom stereocenters. The second-order valence-corrected chi connectivity index (χ2v) is 7.86. The number of likely N-dealkylation sites (tertiary alicyclic amines) is 1. The number of imide groups is 1. The van der Waals surface area contributed by atoms with Crippen molar-refractivity contribution in [2.75, 3.05) is 19.7 Å². The molecule has 0 unspecified atom stereocenters. The number of hydrogen-bond donors (Lipinski definition) is 1. The molecular formula is C23H24N2O5. The number of ether oxygens (including phenoxy) is 1. The van der Waals surface area contributed by atoms with E-state index in [1.165, 1.54) is 0 Å². The van der Waals surface area contributed by atoms with Gasteiger partial charge in [0.15, 0.2) is 0 Å². The quantitative estimate of drug-likeness (QED) is 0.790. The number of carbonyl (C=O) groups is 3. The first kappa shape index (κ1) is 20.1. The Morgan fingerprint density at radius 1 is 0.933 bits per heavy atom. The lowest BCUT2D eigenvalue weighted by Gasteiger charge is -2.24. The summed E-state index contributed by atoms with van der Waals surface area (Å²) in [6, 6.07) is 18.9. The van der Waals surface area contributed by atoms with Gasteiger partial charge in [0.2, 0.25) is 5.91 Å². The lowest BCUT2D eigenvalue weighted by molar-refractivity contribution is -0.147. The predicted molar refractivity (Wildman–Crippen MR) is 108 cm³/mol. The van der Waals surface area contributed by atoms with Crippen molar-refractivity contribution < 1.29 is 24.2 Å². The van der Waals surface area contributed by atoms with Crippen LogP contribution in [0.3, 0.4) is 0 Å². The molecule has 0 radical (unpaired) electrons. The van der Waals surface area contributed by atoms with E-state index in [9.17, 15) is 19.5 Å². The van der Waals surface area contributed by atoms with E-state index < -0.39 is 35.8 Å². The Hall–Kier alpha value is -3.19. The summed E-state index contributed by atoms with van der Waals surface area (Å²) in [6.45, 7) is 1.25. The Bertz CT molecular complexity index is 918. The molecule has 2 saturated heterocycles. The number of cyclic esters (lactones) is 1. The van der Waals surface area contributed by atoms with Gasteiger partial charge in [0.1, 0.15) is 6.61 Å². The molecule has 7 heteroatoms. The Morgan fingerprint density at radius 2 is 1.53 bits per heavy atom. The second kappa shape index (κ2) is 8.67. The molecule has 2 heterocycles. The molecule has 156 valence electrons. The maximum Gasteiger partial charge on any atom is 0.416 e. The van der Waals surface area contributed by atoms with E-state index in [0.29, 0.717) is 19.5 Å². The molecular weight excluding hydrogens is 384 g/mol. The summed E-state index contributed by atoms with van der Waals surface area (Å²) in [5.74, 6) is -3.11. The molecule has 2 aromatic rings. The van der Waals surface area contributed by atoms with Crippen molar-refractivity contribution in [3.05, 3.63) is 71.8 Å². The van der Waals surface area contributed by atoms with Crippen LogP contribution in [0.5, 0.6) is 0 Å². The van der Waals surface area contributed by atoms with Crippen molar-refractivity contribution in [1.82, 2.24) is 9.80 Å². The number of carbonyl (C=O) groups excluding carboxylic acids is 2. The van der Waals surface area contributed by atoms with Crippen LogP contribution in [-0.4, -0.2) is 58.6 Å². The van der Waals surface area contributed by atoms with Gasteiger partial charge < -0.3 is 9.84 Å². The largest absolute Gasteiger partial charge is 0.481 e. The lowest BCUT2D eigenvalue weighted by atomic mass is 9.94. The van der Waals surface area contributed by atoms with Crippen molar-refractivity contribution in [2.24, 2.45) is 11.8 Å². The number of amides is 2. The maximum atomic E-state index is 13.3. The molecule has 0 bridgehead atoms. The van der Waals surface area contributed by atoms with Gasteiger partial charge in [0.25, 0.3) is 0 Å². The molecule has 30 heavy (non-hydrogen) atoms. The first-order valence-corrected chi connectivity index (χ1v) is 10.1. The lowest BCUT2D eigenvalue weighted by Crippen LogP contribution is -2.46. The Kier molecular flexibility index (Phi) is 5.81. The van der Waals surface area contributed by atoms with Gasteiger partial charge >= 0.3 is 12.1 Å². The summed E-state index contributed by atoms with van der Waals surface area (Å²) in [5.41, 5.74) is 2.04. The van der Waals surface area contributed by atoms with E-state index in [-0.39, 0.29) is 13.2 Å². The zero-order valence-corrected chi connectivity index (χ0v) is 16.5. The third-order valence-electron chi connectivity index (χ3n) is 5.79. The van der Waals surface area contributed by atoms with Gasteiger partial charge in [-0.2, -0.15) is 0 Å². The highest BCUT2D eigenvalue weighted by atomic mass is 16.6. The highest BCUT2D eigenvalue weighted by Crippen LogP contribution is 2.30. The topological polar surface area (TPSA) is 87.2 Å². The second-order valence-electron chi connectivity index (χ2n) is 7.86. The van der Waals surface area contributed by atoms with Gasteiger partial charge in [-0.1, -0.05) is 60.7 Å². The smallest absolute Gasteiger partial charge is 0.416 e. The van der Waals surface area contributed by atoms with E-state index in [1.807, 2.05) is 65.6 Å². The highest BCUT2D eigenvalue weighted by Gasteiger charge is 2.48. The highest BCUT2D eigenvalue weighted by molar-refractivity contribution is 5.97. The summed E-state index contributed by atoms with van der Waals surface area (Å²) in [5, 5.41) is 9.71. The molecule has 0 spiro atoms. The van der Waals surface area contributed by atoms with Gasteiger partial charge in [-0.15, -0.1) is 0 Å². The van der Waals surface area contributed by atoms with Gasteiger partial charge in [0, 0.05) is 19.6 Å². The number of nitrogens with zero attached hydrogens (tertiary/aromatic N) is 2. The fourth-order valence-corrected chi connectivity index (χ4v) is 4.30. The van der Waals surface area contributed by atoms with Crippen LogP contribution in [0.1, 0.15) is 11.1 Å². The van der Waals surface area contributed by atoms with Crippen LogP contribution in [0, 0.1) is 11.8 Å². The monoisotopic (exact) mass is 408 g/mol. The number of carboxylic acid groups (broad SMARTS) is 1. The molecule has 1 N–H and O–H groups in total. The number of aliphatic carboxylic acids is 1. The van der Waals surface area contributed by atoms with E-state index in [0.717, 1.165) is 16.0 Å². The minimum atomic E-state index is -1.02. The Morgan fingerprint density at radius 3 is 2.17 bits per heavy atom. The average Bonchev–Trinajstić information content (AvgIpc) is 3.33. The minimum Gasteiger partial charge on any atom is -0.481 e. The zero-order chi connectivity index (χ0) is 21.1. The van der Waals surface area contributed by atoms with E-state index >= 15 is 0 Å². The van der Waals surface area contributed by atoms with Gasteiger partial charge in [-0.05, 0) is 17.5 Å². The number of benzene rings is 2. The van der Waals surface area contributed by atoms with Crippen molar-refractivity contribution in [3.63, 3.8) is 0 Å². The SMILES string of the molecule is O=C(O)[C@H]1CN(Cc2ccccc2)C[C@@H]1C(=O)N1C(=O)OC[C@H]1Cc1ccccc1. The van der Waals surface area contributed by atoms with Crippen LogP contribution in [0.15, 0.2) is 60.7 Å². The zero-order valence-electron chi connectivity index (χ0n) is 16.5. The minimum absolute atomic E-state index is 0.123. The molecule has 2 aromatic carbocycles. The van der Waals surface area contributed by atoms with Crippen molar-refractivity contribution in [3.8, 4) is 0 Å². The van der Waals surface area contributed by atoms with Gasteiger partial charge in [-0.3, -0.25) is 14.5 Å². The molecule has 7 nitrogen and oxygen atoms in total. The standard InChI is InChI=1S/C23H24N2O5/c26-21(25-18(15-30-23(25)29)11-16-7-3-1-4-8-16)19-13-24(14-20(19)22(27)28)12-17-9-5-2-6-10-17/h1-10,18-20H,11-15H2,(H,27,28)/t18-,19+,20+/m1/s1. The molecule has 2 aliphatic rings. The van der Waals surface area contributed by atoms with Crippen LogP contribution in [0.25, 0.3) is 0 Å². The van der Waals surface area contributed by atoms with Crippen molar-refractivity contribution >= 4 is 18.0 Å². The van der Waals surface area contributed by atoms with Crippen LogP contribution >= 0.6 is 0 Å². The van der Waals surface area contributed by atoms with E-state index in [2.05, 4.69) is 0 Å². The summed E-state index contributed by atoms with van der Waals surface area (Å²) in [4.78, 5) is 40.6. The maximum absolute atomic E-state index is 13.3.